The summed E-state index contributed by atoms with van der Waals surface area (Å²) in [6.45, 7) is 19.1. The molecule has 1 aromatic carbocycles. The van der Waals surface area contributed by atoms with E-state index in [1.165, 1.54) is 0 Å². The highest BCUT2D eigenvalue weighted by Crippen LogP contribution is 2.28. The molecular weight excluding hydrogens is 390 g/mol. The second-order valence-electron chi connectivity index (χ2n) is 10.5. The third-order valence-electron chi connectivity index (χ3n) is 4.91. The molecule has 1 rings (SSSR count). The molecule has 0 heterocycles. The number of esters is 1. The van der Waals surface area contributed by atoms with Crippen molar-refractivity contribution in [3.05, 3.63) is 47.0 Å². The number of hydrogen-bond donors (Lipinski definition) is 1. The van der Waals surface area contributed by atoms with Gasteiger partial charge in [-0.1, -0.05) is 55.3 Å². The molecule has 174 valence electrons. The monoisotopic (exact) mass is 431 g/mol. The number of hydrogen-bond acceptors (Lipinski definition) is 4. The van der Waals surface area contributed by atoms with Crippen molar-refractivity contribution < 1.29 is 19.1 Å². The molecule has 1 N–H and O–H groups in total. The van der Waals surface area contributed by atoms with E-state index in [1.54, 1.807) is 0 Å². The molecule has 0 bridgehead atoms. The third kappa shape index (κ3) is 9.58. The van der Waals surface area contributed by atoms with Crippen molar-refractivity contribution in [1.82, 2.24) is 5.32 Å². The second-order valence-corrected chi connectivity index (χ2v) is 10.5. The second kappa shape index (κ2) is 10.8. The maximum Gasteiger partial charge on any atom is 0.408 e. The maximum absolute atomic E-state index is 13.0. The van der Waals surface area contributed by atoms with Crippen LogP contribution in [0.4, 0.5) is 4.79 Å². The van der Waals surface area contributed by atoms with Crippen molar-refractivity contribution in [1.29, 1.82) is 0 Å². The van der Waals surface area contributed by atoms with Crippen LogP contribution in [0.3, 0.4) is 0 Å². The summed E-state index contributed by atoms with van der Waals surface area (Å²) >= 11 is 0. The molecular formula is C26H41NO4. The molecule has 2 atom stereocenters. The number of benzene rings is 1. The summed E-state index contributed by atoms with van der Waals surface area (Å²) in [5.41, 5.74) is 1.80. The van der Waals surface area contributed by atoms with E-state index >= 15 is 0 Å². The van der Waals surface area contributed by atoms with Crippen molar-refractivity contribution >= 4 is 12.1 Å². The van der Waals surface area contributed by atoms with Gasteiger partial charge in [0.15, 0.2) is 0 Å². The Bertz CT molecular complexity index is 767. The molecule has 0 aromatic heterocycles. The Morgan fingerprint density at radius 2 is 1.39 bits per heavy atom. The van der Waals surface area contributed by atoms with Crippen LogP contribution in [0.5, 0.6) is 0 Å². The Kier molecular flexibility index (Phi) is 9.34. The average Bonchev–Trinajstić information content (AvgIpc) is 2.57. The summed E-state index contributed by atoms with van der Waals surface area (Å²) in [5, 5.41) is 3.01. The van der Waals surface area contributed by atoms with Crippen LogP contribution in [-0.2, 0) is 20.7 Å². The fourth-order valence-electron chi connectivity index (χ4n) is 3.45. The summed E-state index contributed by atoms with van der Waals surface area (Å²) < 4.78 is 11.2. The summed E-state index contributed by atoms with van der Waals surface area (Å²) in [4.78, 5) is 25.5. The SMILES string of the molecule is C/C(=C(\C)[C@H](C(=O)OC(C)(C)C)C(C)C)[C@@H](Cc1ccccc1)NC(=O)OC(C)(C)C. The lowest BCUT2D eigenvalue weighted by molar-refractivity contribution is -0.160. The molecule has 5 heteroatoms. The predicted octanol–water partition coefficient (Wildman–Crippen LogP) is 6.07. The molecule has 0 spiro atoms. The summed E-state index contributed by atoms with van der Waals surface area (Å²) in [7, 11) is 0. The van der Waals surface area contributed by atoms with Gasteiger partial charge in [-0.25, -0.2) is 4.79 Å². The minimum Gasteiger partial charge on any atom is -0.460 e. The zero-order chi connectivity index (χ0) is 24.0. The van der Waals surface area contributed by atoms with Crippen LogP contribution in [0.15, 0.2) is 41.5 Å². The first-order valence-corrected chi connectivity index (χ1v) is 11.0. The number of nitrogens with one attached hydrogen (secondary N) is 1. The Morgan fingerprint density at radius 1 is 0.871 bits per heavy atom. The molecule has 0 fully saturated rings. The third-order valence-corrected chi connectivity index (χ3v) is 4.91. The number of rotatable bonds is 7. The van der Waals surface area contributed by atoms with Gasteiger partial charge in [-0.15, -0.1) is 0 Å². The largest absolute Gasteiger partial charge is 0.460 e. The van der Waals surface area contributed by atoms with E-state index in [2.05, 4.69) is 5.32 Å². The van der Waals surface area contributed by atoms with E-state index in [-0.39, 0.29) is 17.9 Å². The molecule has 1 amide bonds. The van der Waals surface area contributed by atoms with Gasteiger partial charge in [-0.3, -0.25) is 4.79 Å². The van der Waals surface area contributed by atoms with E-state index in [0.29, 0.717) is 6.42 Å². The zero-order valence-corrected chi connectivity index (χ0v) is 21.0. The lowest BCUT2D eigenvalue weighted by atomic mass is 9.83. The lowest BCUT2D eigenvalue weighted by Gasteiger charge is -2.30. The molecule has 0 saturated carbocycles. The first kappa shape index (κ1) is 26.7. The fourth-order valence-corrected chi connectivity index (χ4v) is 3.45. The predicted molar refractivity (Wildman–Crippen MR) is 126 cm³/mol. The Hall–Kier alpha value is -2.30. The van der Waals surface area contributed by atoms with Crippen LogP contribution < -0.4 is 5.32 Å². The molecule has 0 aliphatic rings. The van der Waals surface area contributed by atoms with E-state index in [4.69, 9.17) is 9.47 Å². The average molecular weight is 432 g/mol. The van der Waals surface area contributed by atoms with Crippen molar-refractivity contribution in [2.24, 2.45) is 11.8 Å². The molecule has 0 aliphatic heterocycles. The molecule has 1 aromatic rings. The molecule has 31 heavy (non-hydrogen) atoms. The van der Waals surface area contributed by atoms with Gasteiger partial charge in [0, 0.05) is 0 Å². The number of amides is 1. The number of carbonyl (C=O) groups excluding carboxylic acids is 2. The van der Waals surface area contributed by atoms with Crippen LogP contribution in [0.1, 0.15) is 74.8 Å². The van der Waals surface area contributed by atoms with Crippen LogP contribution in [-0.4, -0.2) is 29.3 Å². The van der Waals surface area contributed by atoms with E-state index in [0.717, 1.165) is 16.7 Å². The highest BCUT2D eigenvalue weighted by Gasteiger charge is 2.32. The minimum absolute atomic E-state index is 0.0590. The van der Waals surface area contributed by atoms with Gasteiger partial charge in [0.05, 0.1) is 12.0 Å². The summed E-state index contributed by atoms with van der Waals surface area (Å²) in [5.74, 6) is -0.572. The number of alkyl carbamates (subject to hydrolysis) is 1. The summed E-state index contributed by atoms with van der Waals surface area (Å²) in [6.07, 6.45) is 0.126. The molecule has 5 nitrogen and oxygen atoms in total. The minimum atomic E-state index is -0.592. The number of carbonyl (C=O) groups is 2. The lowest BCUT2D eigenvalue weighted by Crippen LogP contribution is -2.42. The van der Waals surface area contributed by atoms with Gasteiger partial charge in [-0.2, -0.15) is 0 Å². The maximum atomic E-state index is 13.0. The van der Waals surface area contributed by atoms with Crippen LogP contribution >= 0.6 is 0 Å². The first-order chi connectivity index (χ1) is 14.1. The zero-order valence-electron chi connectivity index (χ0n) is 21.0. The molecule has 0 saturated heterocycles. The number of ether oxygens (including phenoxy) is 2. The molecule has 0 unspecified atom stereocenters. The normalized spacial score (nSPS) is 15.1. The quantitative estimate of drug-likeness (QED) is 0.420. The van der Waals surface area contributed by atoms with Gasteiger partial charge in [0.25, 0.3) is 0 Å². The van der Waals surface area contributed by atoms with E-state index in [1.807, 2.05) is 99.6 Å². The Balaban J connectivity index is 3.29. The first-order valence-electron chi connectivity index (χ1n) is 11.0. The van der Waals surface area contributed by atoms with Gasteiger partial charge in [0.2, 0.25) is 0 Å². The van der Waals surface area contributed by atoms with Crippen molar-refractivity contribution in [3.8, 4) is 0 Å². The highest BCUT2D eigenvalue weighted by molar-refractivity contribution is 5.77. The smallest absolute Gasteiger partial charge is 0.408 e. The fraction of sp³-hybridized carbons (Fsp3) is 0.615. The topological polar surface area (TPSA) is 64.6 Å². The van der Waals surface area contributed by atoms with E-state index in [9.17, 15) is 9.59 Å². The van der Waals surface area contributed by atoms with Crippen LogP contribution in [0.2, 0.25) is 0 Å². The van der Waals surface area contributed by atoms with Crippen molar-refractivity contribution in [2.45, 2.75) is 92.9 Å². The molecule has 0 radical (unpaired) electrons. The van der Waals surface area contributed by atoms with Crippen LogP contribution in [0.25, 0.3) is 0 Å². The van der Waals surface area contributed by atoms with E-state index < -0.39 is 23.2 Å². The van der Waals surface area contributed by atoms with Crippen LogP contribution in [0, 0.1) is 11.8 Å². The van der Waals surface area contributed by atoms with Gasteiger partial charge in [-0.05, 0) is 73.3 Å². The van der Waals surface area contributed by atoms with Crippen molar-refractivity contribution in [3.63, 3.8) is 0 Å². The Morgan fingerprint density at radius 3 is 1.84 bits per heavy atom. The highest BCUT2D eigenvalue weighted by atomic mass is 16.6. The van der Waals surface area contributed by atoms with Gasteiger partial charge < -0.3 is 14.8 Å². The standard InChI is InChI=1S/C26H41NO4/c1-17(2)22(23(28)30-25(5,6)7)19(4)18(3)21(16-20-14-12-11-13-15-20)27-24(29)31-26(8,9)10/h11-15,17,21-22H,16H2,1-10H3,(H,27,29)/b19-18-/t21-,22-/m1/s1. The van der Waals surface area contributed by atoms with Crippen molar-refractivity contribution in [2.75, 3.05) is 0 Å². The summed E-state index contributed by atoms with van der Waals surface area (Å²) in [6, 6.07) is 9.67. The Labute approximate surface area is 188 Å². The molecule has 0 aliphatic carbocycles. The van der Waals surface area contributed by atoms with Gasteiger partial charge >= 0.3 is 12.1 Å². The van der Waals surface area contributed by atoms with Gasteiger partial charge in [0.1, 0.15) is 11.2 Å².